The number of benzene rings is 1. The molecule has 1 aliphatic rings. The Morgan fingerprint density at radius 2 is 1.95 bits per heavy atom. The van der Waals surface area contributed by atoms with Crippen molar-refractivity contribution in [3.63, 3.8) is 0 Å². The number of ether oxygens (including phenoxy) is 1. The van der Waals surface area contributed by atoms with Crippen LogP contribution in [0.1, 0.15) is 33.3 Å². The molecule has 0 aromatic heterocycles. The Morgan fingerprint density at radius 3 is 2.55 bits per heavy atom. The van der Waals surface area contributed by atoms with E-state index in [1.807, 2.05) is 58.0 Å². The summed E-state index contributed by atoms with van der Waals surface area (Å²) in [5.74, 6) is -0.448. The highest BCUT2D eigenvalue weighted by molar-refractivity contribution is 5.87. The third-order valence-corrected chi connectivity index (χ3v) is 3.31. The molecule has 1 fully saturated rings. The normalized spacial score (nSPS) is 20.2. The van der Waals surface area contributed by atoms with Crippen LogP contribution >= 0.6 is 0 Å². The molecule has 5 nitrogen and oxygen atoms in total. The number of carbonyl (C=O) groups is 2. The SMILES string of the molecule is C[C@H]1/C(=C/C(=O)OC(C)(C)C)NC(=O)N1Cc1ccccc1. The first-order valence-electron chi connectivity index (χ1n) is 7.32. The smallest absolute Gasteiger partial charge is 0.333 e. The lowest BCUT2D eigenvalue weighted by atomic mass is 10.1. The summed E-state index contributed by atoms with van der Waals surface area (Å²) in [4.78, 5) is 25.6. The van der Waals surface area contributed by atoms with Crippen molar-refractivity contribution in [1.82, 2.24) is 10.2 Å². The maximum atomic E-state index is 12.1. The molecule has 1 heterocycles. The van der Waals surface area contributed by atoms with Crippen molar-refractivity contribution in [2.75, 3.05) is 0 Å². The second-order valence-electron chi connectivity index (χ2n) is 6.35. The van der Waals surface area contributed by atoms with Gasteiger partial charge in [-0.25, -0.2) is 9.59 Å². The van der Waals surface area contributed by atoms with Gasteiger partial charge in [-0.1, -0.05) is 30.3 Å². The molecule has 1 aromatic carbocycles. The Hall–Kier alpha value is -2.30. The van der Waals surface area contributed by atoms with Crippen LogP contribution in [0.25, 0.3) is 0 Å². The van der Waals surface area contributed by atoms with Crippen LogP contribution in [0.2, 0.25) is 0 Å². The predicted molar refractivity (Wildman–Crippen MR) is 83.9 cm³/mol. The Balaban J connectivity index is 2.08. The van der Waals surface area contributed by atoms with Crippen molar-refractivity contribution < 1.29 is 14.3 Å². The van der Waals surface area contributed by atoms with Crippen LogP contribution < -0.4 is 5.32 Å². The van der Waals surface area contributed by atoms with Crippen LogP contribution in [-0.2, 0) is 16.1 Å². The van der Waals surface area contributed by atoms with Crippen LogP contribution in [0.3, 0.4) is 0 Å². The fourth-order valence-corrected chi connectivity index (χ4v) is 2.25. The number of nitrogens with zero attached hydrogens (tertiary/aromatic N) is 1. The molecule has 1 saturated heterocycles. The predicted octanol–water partition coefficient (Wildman–Crippen LogP) is 2.83. The zero-order valence-corrected chi connectivity index (χ0v) is 13.4. The van der Waals surface area contributed by atoms with Crippen LogP contribution in [-0.4, -0.2) is 28.5 Å². The van der Waals surface area contributed by atoms with Crippen molar-refractivity contribution in [2.45, 2.75) is 45.9 Å². The number of nitrogens with one attached hydrogen (secondary N) is 1. The fraction of sp³-hybridized carbons (Fsp3) is 0.412. The van der Waals surface area contributed by atoms with Gasteiger partial charge >= 0.3 is 12.0 Å². The standard InChI is InChI=1S/C17H22N2O3/c1-12-14(10-15(20)22-17(2,3)4)18-16(21)19(12)11-13-8-6-5-7-9-13/h5-10,12H,11H2,1-4H3,(H,18,21)/b14-10-/t12-/m0/s1. The molecule has 2 amide bonds. The molecule has 1 aromatic rings. The molecule has 1 N–H and O–H groups in total. The van der Waals surface area contributed by atoms with E-state index >= 15 is 0 Å². The minimum Gasteiger partial charge on any atom is -0.457 e. The van der Waals surface area contributed by atoms with Gasteiger partial charge in [0.1, 0.15) is 5.60 Å². The van der Waals surface area contributed by atoms with E-state index in [0.717, 1.165) is 5.56 Å². The highest BCUT2D eigenvalue weighted by Crippen LogP contribution is 2.20. The molecule has 118 valence electrons. The molecule has 0 radical (unpaired) electrons. The second kappa shape index (κ2) is 6.22. The van der Waals surface area contributed by atoms with E-state index in [4.69, 9.17) is 4.74 Å². The molecule has 0 aliphatic carbocycles. The quantitative estimate of drug-likeness (QED) is 0.690. The van der Waals surface area contributed by atoms with E-state index in [-0.39, 0.29) is 12.1 Å². The number of urea groups is 1. The Morgan fingerprint density at radius 1 is 1.32 bits per heavy atom. The minimum atomic E-state index is -0.552. The number of esters is 1. The maximum absolute atomic E-state index is 12.1. The highest BCUT2D eigenvalue weighted by atomic mass is 16.6. The molecule has 5 heteroatoms. The van der Waals surface area contributed by atoms with Crippen molar-refractivity contribution >= 4 is 12.0 Å². The lowest BCUT2D eigenvalue weighted by Crippen LogP contribution is -2.31. The lowest BCUT2D eigenvalue weighted by Gasteiger charge is -2.20. The largest absolute Gasteiger partial charge is 0.457 e. The van der Waals surface area contributed by atoms with Crippen molar-refractivity contribution in [3.8, 4) is 0 Å². The Kier molecular flexibility index (Phi) is 4.54. The third-order valence-electron chi connectivity index (χ3n) is 3.31. The molecule has 0 saturated carbocycles. The fourth-order valence-electron chi connectivity index (χ4n) is 2.25. The number of carbonyl (C=O) groups excluding carboxylic acids is 2. The van der Waals surface area contributed by atoms with Crippen LogP contribution in [0.4, 0.5) is 4.79 Å². The maximum Gasteiger partial charge on any atom is 0.333 e. The van der Waals surface area contributed by atoms with Gasteiger partial charge in [-0.15, -0.1) is 0 Å². The monoisotopic (exact) mass is 302 g/mol. The van der Waals surface area contributed by atoms with Gasteiger partial charge in [0.25, 0.3) is 0 Å². The number of amides is 2. The summed E-state index contributed by atoms with van der Waals surface area (Å²) in [5, 5.41) is 2.74. The van der Waals surface area contributed by atoms with E-state index in [9.17, 15) is 9.59 Å². The molecule has 1 aliphatic heterocycles. The van der Waals surface area contributed by atoms with Gasteiger partial charge in [-0.2, -0.15) is 0 Å². The first kappa shape index (κ1) is 16.1. The summed E-state index contributed by atoms with van der Waals surface area (Å²) in [6.45, 7) is 7.81. The van der Waals surface area contributed by atoms with Gasteiger partial charge in [-0.05, 0) is 33.3 Å². The summed E-state index contributed by atoms with van der Waals surface area (Å²) in [6, 6.07) is 9.35. The van der Waals surface area contributed by atoms with E-state index < -0.39 is 11.6 Å². The lowest BCUT2D eigenvalue weighted by molar-refractivity contribution is -0.148. The molecule has 2 rings (SSSR count). The van der Waals surface area contributed by atoms with Gasteiger partial charge in [0, 0.05) is 18.3 Å². The van der Waals surface area contributed by atoms with Gasteiger partial charge in [0.15, 0.2) is 0 Å². The molecule has 0 unspecified atom stereocenters. The van der Waals surface area contributed by atoms with E-state index in [2.05, 4.69) is 5.32 Å². The molecule has 0 spiro atoms. The van der Waals surface area contributed by atoms with Crippen LogP contribution in [0.15, 0.2) is 42.1 Å². The average molecular weight is 302 g/mol. The number of hydrogen-bond donors (Lipinski definition) is 1. The Labute approximate surface area is 130 Å². The topological polar surface area (TPSA) is 58.6 Å². The summed E-state index contributed by atoms with van der Waals surface area (Å²) in [5.41, 5.74) is 1.06. The Bertz CT molecular complexity index is 588. The molecular weight excluding hydrogens is 280 g/mol. The van der Waals surface area contributed by atoms with Gasteiger partial charge < -0.3 is 15.0 Å². The van der Waals surface area contributed by atoms with Crippen molar-refractivity contribution in [1.29, 1.82) is 0 Å². The summed E-state index contributed by atoms with van der Waals surface area (Å²) >= 11 is 0. The molecule has 22 heavy (non-hydrogen) atoms. The van der Waals surface area contributed by atoms with E-state index in [0.29, 0.717) is 12.2 Å². The number of rotatable bonds is 3. The molecule has 1 atom stereocenters. The van der Waals surface area contributed by atoms with Crippen molar-refractivity contribution in [3.05, 3.63) is 47.7 Å². The first-order chi connectivity index (χ1) is 10.3. The summed E-state index contributed by atoms with van der Waals surface area (Å²) in [7, 11) is 0. The van der Waals surface area contributed by atoms with Gasteiger partial charge in [0.2, 0.25) is 0 Å². The van der Waals surface area contributed by atoms with Crippen LogP contribution in [0, 0.1) is 0 Å². The van der Waals surface area contributed by atoms with E-state index in [1.165, 1.54) is 6.08 Å². The van der Waals surface area contributed by atoms with Gasteiger partial charge in [-0.3, -0.25) is 0 Å². The third kappa shape index (κ3) is 4.10. The van der Waals surface area contributed by atoms with Crippen LogP contribution in [0.5, 0.6) is 0 Å². The highest BCUT2D eigenvalue weighted by Gasteiger charge is 2.32. The van der Waals surface area contributed by atoms with E-state index in [1.54, 1.807) is 4.90 Å². The second-order valence-corrected chi connectivity index (χ2v) is 6.35. The first-order valence-corrected chi connectivity index (χ1v) is 7.32. The average Bonchev–Trinajstić information content (AvgIpc) is 2.65. The summed E-state index contributed by atoms with van der Waals surface area (Å²) < 4.78 is 5.25. The van der Waals surface area contributed by atoms with Crippen molar-refractivity contribution in [2.24, 2.45) is 0 Å². The zero-order valence-electron chi connectivity index (χ0n) is 13.4. The summed E-state index contributed by atoms with van der Waals surface area (Å²) in [6.07, 6.45) is 1.36. The molecule has 0 bridgehead atoms. The molecular formula is C17H22N2O3. The number of hydrogen-bond acceptors (Lipinski definition) is 3. The zero-order chi connectivity index (χ0) is 16.3. The minimum absolute atomic E-state index is 0.194. The van der Waals surface area contributed by atoms with Gasteiger partial charge in [0.05, 0.1) is 6.04 Å².